The number of aromatic nitrogens is 1. The maximum Gasteiger partial charge on any atom is 0.224 e. The van der Waals surface area contributed by atoms with Gasteiger partial charge in [-0.2, -0.15) is 0 Å². The number of carbonyl (C=O) groups excluding carboxylic acids is 1. The molecule has 5 heteroatoms. The van der Waals surface area contributed by atoms with Crippen molar-refractivity contribution >= 4 is 23.1 Å². The molecule has 1 aromatic heterocycles. The quantitative estimate of drug-likeness (QED) is 0.430. The topological polar surface area (TPSA) is 69.3 Å². The van der Waals surface area contributed by atoms with E-state index in [4.69, 9.17) is 0 Å². The minimum absolute atomic E-state index is 0.0360. The Morgan fingerprint density at radius 3 is 2.48 bits per heavy atom. The van der Waals surface area contributed by atoms with Crippen LogP contribution >= 0.6 is 0 Å². The van der Waals surface area contributed by atoms with Crippen molar-refractivity contribution < 1.29 is 4.79 Å². The standard InChI is InChI=1S/C22H24N4O/c1-23-22(20-14-8-16-24-20)26-19-13-6-5-9-17(19)10-7-15-21(27)25-18-11-3-2-4-12-18/h2-6,8-9,11-14,16,24H,7,10,15H2,1H3,(H,23,26)(H,25,27). The maximum absolute atomic E-state index is 12.1. The molecule has 2 aromatic carbocycles. The Labute approximate surface area is 159 Å². The number of para-hydroxylation sites is 2. The molecule has 0 fully saturated rings. The maximum atomic E-state index is 12.1. The van der Waals surface area contributed by atoms with E-state index in [9.17, 15) is 4.79 Å². The number of anilines is 2. The van der Waals surface area contributed by atoms with Gasteiger partial charge in [0.15, 0.2) is 0 Å². The molecule has 5 nitrogen and oxygen atoms in total. The number of benzene rings is 2. The second-order valence-corrected chi connectivity index (χ2v) is 6.21. The van der Waals surface area contributed by atoms with E-state index in [1.807, 2.05) is 66.9 Å². The minimum atomic E-state index is 0.0360. The van der Waals surface area contributed by atoms with Crippen molar-refractivity contribution in [3.05, 3.63) is 84.2 Å². The number of H-pyrrole nitrogens is 1. The average Bonchev–Trinajstić information content (AvgIpc) is 3.22. The third-order valence-electron chi connectivity index (χ3n) is 4.25. The molecule has 0 aliphatic carbocycles. The van der Waals surface area contributed by atoms with E-state index in [0.717, 1.165) is 41.3 Å². The van der Waals surface area contributed by atoms with Crippen molar-refractivity contribution in [2.75, 3.05) is 17.7 Å². The molecule has 138 valence electrons. The first-order valence-corrected chi connectivity index (χ1v) is 9.06. The molecule has 0 saturated carbocycles. The molecule has 3 aromatic rings. The van der Waals surface area contributed by atoms with Gasteiger partial charge in [-0.05, 0) is 48.7 Å². The Balaban J connectivity index is 1.57. The lowest BCUT2D eigenvalue weighted by Gasteiger charge is -2.13. The monoisotopic (exact) mass is 360 g/mol. The van der Waals surface area contributed by atoms with Gasteiger partial charge in [0.2, 0.25) is 5.91 Å². The van der Waals surface area contributed by atoms with Crippen LogP contribution in [0, 0.1) is 0 Å². The Kier molecular flexibility index (Phi) is 6.41. The molecule has 1 amide bonds. The van der Waals surface area contributed by atoms with Gasteiger partial charge in [0, 0.05) is 31.0 Å². The summed E-state index contributed by atoms with van der Waals surface area (Å²) >= 11 is 0. The summed E-state index contributed by atoms with van der Waals surface area (Å²) in [5.41, 5.74) is 3.95. The van der Waals surface area contributed by atoms with Crippen molar-refractivity contribution in [1.29, 1.82) is 0 Å². The van der Waals surface area contributed by atoms with Gasteiger partial charge in [0.05, 0.1) is 5.69 Å². The van der Waals surface area contributed by atoms with E-state index in [2.05, 4.69) is 26.7 Å². The number of nitrogens with one attached hydrogen (secondary N) is 3. The summed E-state index contributed by atoms with van der Waals surface area (Å²) in [6, 6.07) is 21.6. The molecular formula is C22H24N4O. The smallest absolute Gasteiger partial charge is 0.224 e. The van der Waals surface area contributed by atoms with Gasteiger partial charge in [-0.25, -0.2) is 0 Å². The molecule has 0 saturated heterocycles. The first-order valence-electron chi connectivity index (χ1n) is 9.06. The number of amides is 1. The van der Waals surface area contributed by atoms with Crippen LogP contribution < -0.4 is 10.6 Å². The fourth-order valence-electron chi connectivity index (χ4n) is 2.89. The van der Waals surface area contributed by atoms with Crippen LogP contribution in [0.1, 0.15) is 24.1 Å². The molecular weight excluding hydrogens is 336 g/mol. The summed E-state index contributed by atoms with van der Waals surface area (Å²) in [6.07, 6.45) is 3.94. The van der Waals surface area contributed by atoms with Crippen LogP contribution in [0.25, 0.3) is 0 Å². The lowest BCUT2D eigenvalue weighted by molar-refractivity contribution is -0.116. The number of hydrogen-bond acceptors (Lipinski definition) is 2. The van der Waals surface area contributed by atoms with Crippen LogP contribution in [0.2, 0.25) is 0 Å². The third-order valence-corrected chi connectivity index (χ3v) is 4.25. The molecule has 0 aliphatic rings. The van der Waals surface area contributed by atoms with Crippen LogP contribution in [-0.2, 0) is 11.2 Å². The molecule has 3 rings (SSSR count). The zero-order valence-electron chi connectivity index (χ0n) is 15.4. The van der Waals surface area contributed by atoms with Crippen molar-refractivity contribution in [2.45, 2.75) is 19.3 Å². The van der Waals surface area contributed by atoms with Gasteiger partial charge in [-0.15, -0.1) is 0 Å². The highest BCUT2D eigenvalue weighted by Crippen LogP contribution is 2.19. The summed E-state index contributed by atoms with van der Waals surface area (Å²) in [5.74, 6) is 0.822. The number of nitrogens with zero attached hydrogens (tertiary/aromatic N) is 1. The Bertz CT molecular complexity index is 886. The van der Waals surface area contributed by atoms with Gasteiger partial charge in [0.25, 0.3) is 0 Å². The molecule has 0 unspecified atom stereocenters. The van der Waals surface area contributed by atoms with Crippen molar-refractivity contribution in [3.8, 4) is 0 Å². The third kappa shape index (κ3) is 5.31. The zero-order chi connectivity index (χ0) is 18.9. The Morgan fingerprint density at radius 1 is 0.963 bits per heavy atom. The fourth-order valence-corrected chi connectivity index (χ4v) is 2.89. The number of carbonyl (C=O) groups is 1. The summed E-state index contributed by atoms with van der Waals surface area (Å²) in [5, 5.41) is 6.32. The molecule has 0 atom stereocenters. The highest BCUT2D eigenvalue weighted by Gasteiger charge is 2.08. The van der Waals surface area contributed by atoms with Crippen LogP contribution in [0.3, 0.4) is 0 Å². The van der Waals surface area contributed by atoms with Crippen LogP contribution in [0.5, 0.6) is 0 Å². The highest BCUT2D eigenvalue weighted by molar-refractivity contribution is 6.07. The molecule has 0 spiro atoms. The number of amidine groups is 1. The van der Waals surface area contributed by atoms with E-state index in [1.54, 1.807) is 7.05 Å². The van der Waals surface area contributed by atoms with Gasteiger partial charge in [-0.1, -0.05) is 36.4 Å². The lowest BCUT2D eigenvalue weighted by atomic mass is 10.1. The van der Waals surface area contributed by atoms with E-state index >= 15 is 0 Å². The zero-order valence-corrected chi connectivity index (χ0v) is 15.4. The van der Waals surface area contributed by atoms with E-state index in [1.165, 1.54) is 0 Å². The predicted octanol–water partition coefficient (Wildman–Crippen LogP) is 4.46. The van der Waals surface area contributed by atoms with E-state index in [0.29, 0.717) is 6.42 Å². The SMILES string of the molecule is CN=C(Nc1ccccc1CCCC(=O)Nc1ccccc1)c1ccc[nH]1. The molecule has 0 radical (unpaired) electrons. The van der Waals surface area contributed by atoms with Gasteiger partial charge in [-0.3, -0.25) is 9.79 Å². The summed E-state index contributed by atoms with van der Waals surface area (Å²) < 4.78 is 0. The second kappa shape index (κ2) is 9.38. The van der Waals surface area contributed by atoms with E-state index < -0.39 is 0 Å². The first kappa shape index (κ1) is 18.5. The van der Waals surface area contributed by atoms with Gasteiger partial charge in [0.1, 0.15) is 5.84 Å². The van der Waals surface area contributed by atoms with Crippen molar-refractivity contribution in [3.63, 3.8) is 0 Å². The number of aliphatic imine (C=N–C) groups is 1. The normalized spacial score (nSPS) is 11.2. The second-order valence-electron chi connectivity index (χ2n) is 6.21. The summed E-state index contributed by atoms with van der Waals surface area (Å²) in [7, 11) is 1.76. The van der Waals surface area contributed by atoms with Crippen molar-refractivity contribution in [1.82, 2.24) is 4.98 Å². The Hall–Kier alpha value is -3.34. The van der Waals surface area contributed by atoms with Gasteiger partial charge >= 0.3 is 0 Å². The first-order chi connectivity index (χ1) is 13.3. The van der Waals surface area contributed by atoms with Crippen LogP contribution in [0.4, 0.5) is 11.4 Å². The van der Waals surface area contributed by atoms with Crippen LogP contribution in [0.15, 0.2) is 77.9 Å². The Morgan fingerprint density at radius 2 is 1.74 bits per heavy atom. The molecule has 1 heterocycles. The minimum Gasteiger partial charge on any atom is -0.359 e. The summed E-state index contributed by atoms with van der Waals surface area (Å²) in [6.45, 7) is 0. The number of hydrogen-bond donors (Lipinski definition) is 3. The van der Waals surface area contributed by atoms with Crippen molar-refractivity contribution in [2.24, 2.45) is 4.99 Å². The summed E-state index contributed by atoms with van der Waals surface area (Å²) in [4.78, 5) is 19.6. The number of aromatic amines is 1. The predicted molar refractivity (Wildman–Crippen MR) is 111 cm³/mol. The molecule has 0 aliphatic heterocycles. The molecule has 0 bridgehead atoms. The highest BCUT2D eigenvalue weighted by atomic mass is 16.1. The van der Waals surface area contributed by atoms with Gasteiger partial charge < -0.3 is 15.6 Å². The molecule has 3 N–H and O–H groups in total. The fraction of sp³-hybridized carbons (Fsp3) is 0.182. The average molecular weight is 360 g/mol. The van der Waals surface area contributed by atoms with E-state index in [-0.39, 0.29) is 5.91 Å². The van der Waals surface area contributed by atoms with Crippen LogP contribution in [-0.4, -0.2) is 23.8 Å². The lowest BCUT2D eigenvalue weighted by Crippen LogP contribution is -2.15. The number of rotatable bonds is 7. The largest absolute Gasteiger partial charge is 0.359 e. The number of aryl methyl sites for hydroxylation is 1. The molecule has 27 heavy (non-hydrogen) atoms.